The fourth-order valence-electron chi connectivity index (χ4n) is 3.79. The van der Waals surface area contributed by atoms with Crippen LogP contribution in [-0.4, -0.2) is 27.3 Å². The highest BCUT2D eigenvalue weighted by Gasteiger charge is 2.35. The summed E-state index contributed by atoms with van der Waals surface area (Å²) in [5.74, 6) is 0.701. The number of halogens is 1. The van der Waals surface area contributed by atoms with Gasteiger partial charge in [0.2, 0.25) is 11.1 Å². The number of rotatable bonds is 7. The second-order valence-corrected chi connectivity index (χ2v) is 9.09. The Morgan fingerprint density at radius 1 is 1.21 bits per heavy atom. The van der Waals surface area contributed by atoms with E-state index in [0.29, 0.717) is 39.6 Å². The summed E-state index contributed by atoms with van der Waals surface area (Å²) in [7, 11) is 0. The van der Waals surface area contributed by atoms with Gasteiger partial charge in [-0.1, -0.05) is 68.1 Å². The van der Waals surface area contributed by atoms with Crippen LogP contribution in [0.2, 0.25) is 0 Å². The molecule has 33 heavy (non-hydrogen) atoms. The van der Waals surface area contributed by atoms with Crippen LogP contribution < -0.4 is 5.32 Å². The molecule has 0 aliphatic carbocycles. The highest BCUT2D eigenvalue weighted by atomic mass is 32.2. The van der Waals surface area contributed by atoms with Crippen LogP contribution in [0.4, 0.5) is 10.3 Å². The van der Waals surface area contributed by atoms with Gasteiger partial charge in [-0.15, -0.1) is 5.10 Å². The lowest BCUT2D eigenvalue weighted by molar-refractivity contribution is -0.139. The number of nitrogens with zero attached hydrogens (tertiary/aromatic N) is 3. The molecule has 1 N–H and O–H groups in total. The normalized spacial score (nSPS) is 15.4. The lowest BCUT2D eigenvalue weighted by Gasteiger charge is -2.28. The molecule has 6 nitrogen and oxygen atoms in total. The third-order valence-electron chi connectivity index (χ3n) is 5.56. The van der Waals surface area contributed by atoms with Gasteiger partial charge in [0.1, 0.15) is 11.9 Å². The summed E-state index contributed by atoms with van der Waals surface area (Å²) in [6.45, 7) is 8.19. The van der Waals surface area contributed by atoms with Crippen LogP contribution >= 0.6 is 11.8 Å². The molecule has 1 aliphatic rings. The van der Waals surface area contributed by atoms with Crippen molar-refractivity contribution in [2.24, 2.45) is 0 Å². The van der Waals surface area contributed by atoms with Crippen LogP contribution in [-0.2, 0) is 15.3 Å². The predicted molar refractivity (Wildman–Crippen MR) is 128 cm³/mol. The molecular formula is C25H27FN4O2S. The second-order valence-electron chi connectivity index (χ2n) is 8.15. The van der Waals surface area contributed by atoms with Crippen LogP contribution in [0.3, 0.4) is 0 Å². The maximum Gasteiger partial charge on any atom is 0.338 e. The van der Waals surface area contributed by atoms with Gasteiger partial charge in [-0.05, 0) is 42.5 Å². The number of ether oxygens (including phenoxy) is 1. The molecule has 0 saturated carbocycles. The molecule has 4 rings (SSSR count). The summed E-state index contributed by atoms with van der Waals surface area (Å²) in [5, 5.41) is 8.37. The molecule has 0 spiro atoms. The van der Waals surface area contributed by atoms with Crippen molar-refractivity contribution in [3.8, 4) is 0 Å². The number of nitrogens with one attached hydrogen (secondary N) is 1. The zero-order chi connectivity index (χ0) is 23.5. The van der Waals surface area contributed by atoms with E-state index in [9.17, 15) is 9.18 Å². The van der Waals surface area contributed by atoms with Crippen LogP contribution in [0.5, 0.6) is 0 Å². The molecule has 0 amide bonds. The van der Waals surface area contributed by atoms with Crippen LogP contribution in [0.15, 0.2) is 65.0 Å². The van der Waals surface area contributed by atoms with Gasteiger partial charge < -0.3 is 10.1 Å². The van der Waals surface area contributed by atoms with Gasteiger partial charge in [0.05, 0.1) is 12.2 Å². The number of anilines is 1. The standard InChI is InChI=1S/C25H27FN4O2S/c1-5-32-23(31)21-16(4)27-24-28-25(33-14-19-8-6-7-9-20(19)26)29-30(24)22(21)18-12-10-17(11-13-18)15(2)3/h6-13,15,22H,5,14H2,1-4H3,(H,27,28,29). The number of aromatic nitrogens is 3. The summed E-state index contributed by atoms with van der Waals surface area (Å²) in [5.41, 5.74) is 3.89. The monoisotopic (exact) mass is 466 g/mol. The first-order valence-electron chi connectivity index (χ1n) is 11.0. The van der Waals surface area contributed by atoms with Crippen molar-refractivity contribution in [2.45, 2.75) is 50.6 Å². The summed E-state index contributed by atoms with van der Waals surface area (Å²) < 4.78 is 21.1. The van der Waals surface area contributed by atoms with Gasteiger partial charge in [-0.25, -0.2) is 13.9 Å². The van der Waals surface area contributed by atoms with E-state index < -0.39 is 6.04 Å². The van der Waals surface area contributed by atoms with E-state index in [1.807, 2.05) is 25.1 Å². The maximum absolute atomic E-state index is 14.0. The highest BCUT2D eigenvalue weighted by Crippen LogP contribution is 2.37. The largest absolute Gasteiger partial charge is 0.463 e. The zero-order valence-electron chi connectivity index (χ0n) is 19.1. The lowest BCUT2D eigenvalue weighted by atomic mass is 9.93. The molecule has 1 aromatic heterocycles. The first kappa shape index (κ1) is 23.0. The van der Waals surface area contributed by atoms with Gasteiger partial charge in [-0.3, -0.25) is 0 Å². The quantitative estimate of drug-likeness (QED) is 0.357. The van der Waals surface area contributed by atoms with Crippen molar-refractivity contribution in [1.29, 1.82) is 0 Å². The summed E-state index contributed by atoms with van der Waals surface area (Å²) in [6, 6.07) is 14.4. The third-order valence-corrected chi connectivity index (χ3v) is 6.45. The number of hydrogen-bond acceptors (Lipinski definition) is 6. The number of benzene rings is 2. The van der Waals surface area contributed by atoms with Crippen molar-refractivity contribution in [2.75, 3.05) is 11.9 Å². The van der Waals surface area contributed by atoms with Gasteiger partial charge in [0.25, 0.3) is 0 Å². The summed E-state index contributed by atoms with van der Waals surface area (Å²) in [4.78, 5) is 17.5. The number of fused-ring (bicyclic) bond motifs is 1. The van der Waals surface area contributed by atoms with E-state index in [-0.39, 0.29) is 18.4 Å². The smallest absolute Gasteiger partial charge is 0.338 e. The molecule has 0 saturated heterocycles. The number of carbonyl (C=O) groups is 1. The molecule has 0 bridgehead atoms. The van der Waals surface area contributed by atoms with Gasteiger partial charge >= 0.3 is 5.97 Å². The number of thioether (sulfide) groups is 1. The first-order valence-corrected chi connectivity index (χ1v) is 11.9. The average Bonchev–Trinajstić information content (AvgIpc) is 3.20. The molecule has 0 fully saturated rings. The van der Waals surface area contributed by atoms with Crippen molar-refractivity contribution < 1.29 is 13.9 Å². The molecule has 2 heterocycles. The van der Waals surface area contributed by atoms with E-state index >= 15 is 0 Å². The summed E-state index contributed by atoms with van der Waals surface area (Å²) in [6.07, 6.45) is 0. The molecule has 8 heteroatoms. The van der Waals surface area contributed by atoms with Gasteiger partial charge in [0, 0.05) is 11.4 Å². The Morgan fingerprint density at radius 2 is 1.94 bits per heavy atom. The molecule has 1 atom stereocenters. The van der Waals surface area contributed by atoms with Crippen LogP contribution in [0.1, 0.15) is 56.3 Å². The first-order chi connectivity index (χ1) is 15.9. The summed E-state index contributed by atoms with van der Waals surface area (Å²) >= 11 is 1.35. The Bertz CT molecular complexity index is 1190. The van der Waals surface area contributed by atoms with Crippen LogP contribution in [0, 0.1) is 5.82 Å². The number of carbonyl (C=O) groups excluding carboxylic acids is 1. The van der Waals surface area contributed by atoms with Gasteiger partial charge in [-0.2, -0.15) is 4.98 Å². The Kier molecular flexibility index (Phi) is 6.83. The Morgan fingerprint density at radius 3 is 2.61 bits per heavy atom. The van der Waals surface area contributed by atoms with E-state index in [2.05, 4.69) is 41.4 Å². The van der Waals surface area contributed by atoms with Crippen molar-refractivity contribution in [3.63, 3.8) is 0 Å². The third kappa shape index (κ3) is 4.80. The fraction of sp³-hybridized carbons (Fsp3) is 0.320. The highest BCUT2D eigenvalue weighted by molar-refractivity contribution is 7.98. The topological polar surface area (TPSA) is 69.0 Å². The minimum atomic E-state index is -0.475. The number of allylic oxidation sites excluding steroid dienone is 1. The Labute approximate surface area is 197 Å². The molecule has 1 aliphatic heterocycles. The zero-order valence-corrected chi connectivity index (χ0v) is 19.9. The molecule has 3 aromatic rings. The van der Waals surface area contributed by atoms with Gasteiger partial charge in [0.15, 0.2) is 0 Å². The lowest BCUT2D eigenvalue weighted by Crippen LogP contribution is -2.29. The second kappa shape index (κ2) is 9.79. The SMILES string of the molecule is CCOC(=O)C1=C(C)Nc2nc(SCc3ccccc3F)nn2C1c1ccc(C(C)C)cc1. The minimum absolute atomic E-state index is 0.252. The predicted octanol–water partition coefficient (Wildman–Crippen LogP) is 5.68. The van der Waals surface area contributed by atoms with E-state index in [0.717, 1.165) is 5.56 Å². The fourth-order valence-corrected chi connectivity index (χ4v) is 4.61. The number of esters is 1. The molecule has 172 valence electrons. The van der Waals surface area contributed by atoms with E-state index in [1.165, 1.54) is 23.4 Å². The number of hydrogen-bond donors (Lipinski definition) is 1. The molecule has 1 unspecified atom stereocenters. The van der Waals surface area contributed by atoms with E-state index in [1.54, 1.807) is 23.7 Å². The maximum atomic E-state index is 14.0. The Balaban J connectivity index is 1.70. The van der Waals surface area contributed by atoms with E-state index in [4.69, 9.17) is 4.74 Å². The van der Waals surface area contributed by atoms with Crippen LogP contribution in [0.25, 0.3) is 0 Å². The molecule has 0 radical (unpaired) electrons. The minimum Gasteiger partial charge on any atom is -0.463 e. The molecule has 2 aromatic carbocycles. The van der Waals surface area contributed by atoms with Crippen molar-refractivity contribution >= 4 is 23.7 Å². The average molecular weight is 467 g/mol. The van der Waals surface area contributed by atoms with Crippen molar-refractivity contribution in [1.82, 2.24) is 14.8 Å². The Hall–Kier alpha value is -3.13. The van der Waals surface area contributed by atoms with Crippen molar-refractivity contribution in [3.05, 3.63) is 82.3 Å². The molecular weight excluding hydrogens is 439 g/mol.